The van der Waals surface area contributed by atoms with E-state index in [2.05, 4.69) is 45.1 Å². The molecule has 1 atom stereocenters. The van der Waals surface area contributed by atoms with Crippen molar-refractivity contribution in [1.82, 2.24) is 4.90 Å². The lowest BCUT2D eigenvalue weighted by molar-refractivity contribution is 0.00857. The van der Waals surface area contributed by atoms with Crippen LogP contribution >= 0.6 is 0 Å². The van der Waals surface area contributed by atoms with Gasteiger partial charge in [0.15, 0.2) is 0 Å². The number of benzene rings is 1. The molecule has 0 radical (unpaired) electrons. The summed E-state index contributed by atoms with van der Waals surface area (Å²) in [4.78, 5) is 14.5. The molecule has 1 unspecified atom stereocenters. The molecular formula is C18H28N2O2. The van der Waals surface area contributed by atoms with Crippen LogP contribution in [0.1, 0.15) is 45.6 Å². The fraction of sp³-hybridized carbons (Fsp3) is 0.611. The minimum Gasteiger partial charge on any atom is -0.377 e. The van der Waals surface area contributed by atoms with Gasteiger partial charge in [0, 0.05) is 12.2 Å². The van der Waals surface area contributed by atoms with E-state index in [4.69, 9.17) is 4.74 Å². The fourth-order valence-electron chi connectivity index (χ4n) is 2.83. The van der Waals surface area contributed by atoms with E-state index in [-0.39, 0.29) is 12.1 Å². The maximum absolute atomic E-state index is 12.6. The quantitative estimate of drug-likeness (QED) is 0.910. The Morgan fingerprint density at radius 3 is 2.82 bits per heavy atom. The van der Waals surface area contributed by atoms with Crippen LogP contribution in [0.3, 0.4) is 0 Å². The van der Waals surface area contributed by atoms with Crippen LogP contribution in [-0.4, -0.2) is 36.7 Å². The van der Waals surface area contributed by atoms with Crippen molar-refractivity contribution < 1.29 is 9.53 Å². The number of carbonyl (C=O) groups excluding carboxylic acids is 1. The Labute approximate surface area is 133 Å². The van der Waals surface area contributed by atoms with Gasteiger partial charge in [-0.15, -0.1) is 0 Å². The summed E-state index contributed by atoms with van der Waals surface area (Å²) in [5, 5.41) is 3.04. The third-order valence-corrected chi connectivity index (χ3v) is 4.04. The van der Waals surface area contributed by atoms with Crippen molar-refractivity contribution in [2.45, 2.75) is 46.1 Å². The summed E-state index contributed by atoms with van der Waals surface area (Å²) in [6.07, 6.45) is 0.972. The Kier molecular flexibility index (Phi) is 5.83. The van der Waals surface area contributed by atoms with Gasteiger partial charge in [-0.05, 0) is 36.0 Å². The number of hydrogen-bond donors (Lipinski definition) is 1. The summed E-state index contributed by atoms with van der Waals surface area (Å²) in [6.45, 7) is 10.6. The summed E-state index contributed by atoms with van der Waals surface area (Å²) >= 11 is 0. The van der Waals surface area contributed by atoms with E-state index in [9.17, 15) is 4.79 Å². The molecule has 2 rings (SSSR count). The van der Waals surface area contributed by atoms with Gasteiger partial charge in [0.05, 0.1) is 19.3 Å². The molecule has 1 aliphatic heterocycles. The molecule has 0 spiro atoms. The first-order valence-corrected chi connectivity index (χ1v) is 8.22. The van der Waals surface area contributed by atoms with E-state index in [0.29, 0.717) is 31.6 Å². The van der Waals surface area contributed by atoms with Crippen LogP contribution in [0, 0.1) is 5.92 Å². The third kappa shape index (κ3) is 4.47. The molecule has 1 saturated heterocycles. The Morgan fingerprint density at radius 1 is 1.36 bits per heavy atom. The Morgan fingerprint density at radius 2 is 2.14 bits per heavy atom. The van der Waals surface area contributed by atoms with Gasteiger partial charge in [-0.25, -0.2) is 4.79 Å². The molecule has 1 aromatic rings. The lowest BCUT2D eigenvalue weighted by Crippen LogP contribution is -2.50. The van der Waals surface area contributed by atoms with E-state index in [1.807, 2.05) is 17.0 Å². The van der Waals surface area contributed by atoms with Crippen molar-refractivity contribution in [2.24, 2.45) is 5.92 Å². The van der Waals surface area contributed by atoms with Crippen LogP contribution in [-0.2, 0) is 4.74 Å². The lowest BCUT2D eigenvalue weighted by atomic mass is 10.0. The van der Waals surface area contributed by atoms with E-state index >= 15 is 0 Å². The normalized spacial score (nSPS) is 18.8. The van der Waals surface area contributed by atoms with Crippen molar-refractivity contribution in [3.63, 3.8) is 0 Å². The maximum Gasteiger partial charge on any atom is 0.322 e. The van der Waals surface area contributed by atoms with E-state index in [0.717, 1.165) is 12.1 Å². The van der Waals surface area contributed by atoms with E-state index < -0.39 is 0 Å². The van der Waals surface area contributed by atoms with Crippen molar-refractivity contribution >= 4 is 11.7 Å². The molecule has 2 amide bonds. The predicted molar refractivity (Wildman–Crippen MR) is 90.3 cm³/mol. The molecule has 4 heteroatoms. The first-order valence-electron chi connectivity index (χ1n) is 8.22. The number of anilines is 1. The van der Waals surface area contributed by atoms with E-state index in [1.165, 1.54) is 5.56 Å². The number of amides is 2. The number of carbonyl (C=O) groups is 1. The highest BCUT2D eigenvalue weighted by molar-refractivity contribution is 5.89. The molecule has 4 nitrogen and oxygen atoms in total. The van der Waals surface area contributed by atoms with E-state index in [1.54, 1.807) is 0 Å². The minimum absolute atomic E-state index is 0.0187. The Hall–Kier alpha value is -1.55. The molecule has 0 aliphatic carbocycles. The molecule has 0 aromatic heterocycles. The standard InChI is InChI=1S/C18H28N2O2/c1-13(2)10-17-12-22-9-8-20(17)18(21)19-16-7-5-6-15(11-16)14(3)4/h5-7,11,13-14,17H,8-10,12H2,1-4H3,(H,19,21). The number of ether oxygens (including phenoxy) is 1. The Bertz CT molecular complexity index is 500. The second kappa shape index (κ2) is 7.63. The smallest absolute Gasteiger partial charge is 0.322 e. The number of nitrogens with zero attached hydrogens (tertiary/aromatic N) is 1. The molecule has 1 aliphatic rings. The number of hydrogen-bond acceptors (Lipinski definition) is 2. The van der Waals surface area contributed by atoms with Crippen LogP contribution in [0.15, 0.2) is 24.3 Å². The van der Waals surface area contributed by atoms with Gasteiger partial charge >= 0.3 is 6.03 Å². The maximum atomic E-state index is 12.6. The first kappa shape index (κ1) is 16.8. The van der Waals surface area contributed by atoms with Crippen LogP contribution in [0.5, 0.6) is 0 Å². The van der Waals surface area contributed by atoms with Crippen molar-refractivity contribution in [3.05, 3.63) is 29.8 Å². The number of morpholine rings is 1. The second-order valence-corrected chi connectivity index (χ2v) is 6.76. The minimum atomic E-state index is -0.0187. The molecular weight excluding hydrogens is 276 g/mol. The predicted octanol–water partition coefficient (Wildman–Crippen LogP) is 4.09. The monoisotopic (exact) mass is 304 g/mol. The average Bonchev–Trinajstić information content (AvgIpc) is 2.47. The van der Waals surface area contributed by atoms with Gasteiger partial charge in [0.25, 0.3) is 0 Å². The van der Waals surface area contributed by atoms with Gasteiger partial charge in [-0.1, -0.05) is 39.8 Å². The highest BCUT2D eigenvalue weighted by Crippen LogP contribution is 2.20. The molecule has 1 N–H and O–H groups in total. The molecule has 22 heavy (non-hydrogen) atoms. The fourth-order valence-corrected chi connectivity index (χ4v) is 2.83. The molecule has 1 heterocycles. The van der Waals surface area contributed by atoms with Gasteiger partial charge in [0.2, 0.25) is 0 Å². The van der Waals surface area contributed by atoms with Crippen molar-refractivity contribution in [1.29, 1.82) is 0 Å². The van der Waals surface area contributed by atoms with Crippen LogP contribution in [0.2, 0.25) is 0 Å². The van der Waals surface area contributed by atoms with Gasteiger partial charge in [-0.3, -0.25) is 0 Å². The largest absolute Gasteiger partial charge is 0.377 e. The molecule has 122 valence electrons. The van der Waals surface area contributed by atoms with Gasteiger partial charge in [-0.2, -0.15) is 0 Å². The zero-order valence-electron chi connectivity index (χ0n) is 14.1. The zero-order chi connectivity index (χ0) is 16.1. The summed E-state index contributed by atoms with van der Waals surface area (Å²) < 4.78 is 5.54. The van der Waals surface area contributed by atoms with Crippen molar-refractivity contribution in [2.75, 3.05) is 25.1 Å². The topological polar surface area (TPSA) is 41.6 Å². The molecule has 1 fully saturated rings. The third-order valence-electron chi connectivity index (χ3n) is 4.04. The molecule has 1 aromatic carbocycles. The Balaban J connectivity index is 2.04. The number of nitrogens with one attached hydrogen (secondary N) is 1. The average molecular weight is 304 g/mol. The second-order valence-electron chi connectivity index (χ2n) is 6.76. The van der Waals surface area contributed by atoms with Crippen molar-refractivity contribution in [3.8, 4) is 0 Å². The highest BCUT2D eigenvalue weighted by Gasteiger charge is 2.27. The SMILES string of the molecule is CC(C)CC1COCCN1C(=O)Nc1cccc(C(C)C)c1. The van der Waals surface area contributed by atoms with Crippen LogP contribution in [0.25, 0.3) is 0 Å². The van der Waals surface area contributed by atoms with Crippen LogP contribution in [0.4, 0.5) is 10.5 Å². The van der Waals surface area contributed by atoms with Gasteiger partial charge < -0.3 is 15.0 Å². The van der Waals surface area contributed by atoms with Crippen LogP contribution < -0.4 is 5.32 Å². The molecule has 0 bridgehead atoms. The van der Waals surface area contributed by atoms with Gasteiger partial charge in [0.1, 0.15) is 0 Å². The summed E-state index contributed by atoms with van der Waals surface area (Å²) in [5.41, 5.74) is 2.10. The zero-order valence-corrected chi connectivity index (χ0v) is 14.1. The number of rotatable bonds is 4. The summed E-state index contributed by atoms with van der Waals surface area (Å²) in [5.74, 6) is 1.00. The molecule has 0 saturated carbocycles. The lowest BCUT2D eigenvalue weighted by Gasteiger charge is -2.36. The summed E-state index contributed by atoms with van der Waals surface area (Å²) in [6, 6.07) is 8.24. The number of urea groups is 1. The first-order chi connectivity index (χ1) is 10.5. The highest BCUT2D eigenvalue weighted by atomic mass is 16.5. The summed E-state index contributed by atoms with van der Waals surface area (Å²) in [7, 11) is 0.